The number of thiophene rings is 1. The van der Waals surface area contributed by atoms with Gasteiger partial charge in [0.2, 0.25) is 0 Å². The Morgan fingerprint density at radius 2 is 1.52 bits per heavy atom. The fourth-order valence-corrected chi connectivity index (χ4v) is 4.12. The molecular weight excluding hydrogens is 393 g/mol. The van der Waals surface area contributed by atoms with E-state index >= 15 is 0 Å². The molecule has 2 heterocycles. The van der Waals surface area contributed by atoms with Gasteiger partial charge in [-0.1, -0.05) is 0 Å². The van der Waals surface area contributed by atoms with Crippen LogP contribution in [0.3, 0.4) is 0 Å². The Labute approximate surface area is 173 Å². The van der Waals surface area contributed by atoms with Crippen LogP contribution in [-0.4, -0.2) is 25.2 Å². The number of carbonyl (C=O) groups excluding carboxylic acids is 2. The van der Waals surface area contributed by atoms with E-state index in [-0.39, 0.29) is 19.0 Å². The van der Waals surface area contributed by atoms with Gasteiger partial charge in [0.05, 0.1) is 30.3 Å². The van der Waals surface area contributed by atoms with Gasteiger partial charge >= 0.3 is 11.9 Å². The Kier molecular flexibility index (Phi) is 6.49. The maximum absolute atomic E-state index is 13.4. The largest absolute Gasteiger partial charge is 0.463 e. The first kappa shape index (κ1) is 20.8. The molecule has 0 atom stereocenters. The molecule has 0 amide bonds. The molecule has 0 unspecified atom stereocenters. The number of ether oxygens (including phenoxy) is 2. The second kappa shape index (κ2) is 9.05. The highest BCUT2D eigenvalue weighted by Gasteiger charge is 2.36. The van der Waals surface area contributed by atoms with Crippen molar-refractivity contribution in [2.45, 2.75) is 26.7 Å². The summed E-state index contributed by atoms with van der Waals surface area (Å²) in [5.41, 5.74) is 1.25. The number of hydrogen-bond acceptors (Lipinski definition) is 6. The van der Waals surface area contributed by atoms with Crippen LogP contribution in [0.1, 0.15) is 29.5 Å². The zero-order valence-electron chi connectivity index (χ0n) is 16.5. The Morgan fingerprint density at radius 1 is 0.966 bits per heavy atom. The summed E-state index contributed by atoms with van der Waals surface area (Å²) in [6.45, 7) is 5.84. The highest BCUT2D eigenvalue weighted by atomic mass is 32.1. The first-order valence-electron chi connectivity index (χ1n) is 9.32. The number of anilines is 1. The molecule has 7 heteroatoms. The fourth-order valence-electron chi connectivity index (χ4n) is 3.10. The molecule has 0 aliphatic carbocycles. The molecule has 1 aliphatic rings. The predicted octanol–water partition coefficient (Wildman–Crippen LogP) is 4.69. The average molecular weight is 415 g/mol. The molecule has 0 N–H and O–H groups in total. The molecule has 0 radical (unpaired) electrons. The summed E-state index contributed by atoms with van der Waals surface area (Å²) in [6.07, 6.45) is 3.27. The van der Waals surface area contributed by atoms with Crippen LogP contribution in [0.25, 0.3) is 0 Å². The molecule has 1 aromatic carbocycles. The van der Waals surface area contributed by atoms with Crippen molar-refractivity contribution in [3.05, 3.63) is 75.5 Å². The fraction of sp³-hybridized carbons (Fsp3) is 0.273. The van der Waals surface area contributed by atoms with Crippen LogP contribution in [0.2, 0.25) is 0 Å². The van der Waals surface area contributed by atoms with Crippen LogP contribution in [-0.2, 0) is 19.1 Å². The van der Waals surface area contributed by atoms with Crippen LogP contribution in [0.5, 0.6) is 0 Å². The van der Waals surface area contributed by atoms with Crippen molar-refractivity contribution in [1.82, 2.24) is 0 Å². The Hall–Kier alpha value is -2.93. The predicted molar refractivity (Wildman–Crippen MR) is 110 cm³/mol. The summed E-state index contributed by atoms with van der Waals surface area (Å²) < 4.78 is 23.9. The normalized spacial score (nSPS) is 14.3. The van der Waals surface area contributed by atoms with Gasteiger partial charge in [0.15, 0.2) is 0 Å². The first-order chi connectivity index (χ1) is 13.9. The van der Waals surface area contributed by atoms with Crippen LogP contribution in [0.4, 0.5) is 10.1 Å². The van der Waals surface area contributed by atoms with Crippen LogP contribution in [0.15, 0.2) is 59.9 Å². The molecule has 5 nitrogen and oxygen atoms in total. The minimum Gasteiger partial charge on any atom is -0.463 e. The topological polar surface area (TPSA) is 55.8 Å². The van der Waals surface area contributed by atoms with Crippen molar-refractivity contribution in [2.24, 2.45) is 0 Å². The van der Waals surface area contributed by atoms with Crippen LogP contribution in [0, 0.1) is 12.7 Å². The third kappa shape index (κ3) is 4.56. The van der Waals surface area contributed by atoms with E-state index in [2.05, 4.69) is 0 Å². The van der Waals surface area contributed by atoms with Gasteiger partial charge < -0.3 is 14.4 Å². The van der Waals surface area contributed by atoms with Gasteiger partial charge in [-0.3, -0.25) is 0 Å². The van der Waals surface area contributed by atoms with Crippen molar-refractivity contribution in [3.63, 3.8) is 0 Å². The van der Waals surface area contributed by atoms with Gasteiger partial charge in [0.1, 0.15) is 5.82 Å². The highest BCUT2D eigenvalue weighted by molar-refractivity contribution is 7.12. The second-order valence-corrected chi connectivity index (χ2v) is 7.69. The van der Waals surface area contributed by atoms with Crippen molar-refractivity contribution in [1.29, 1.82) is 0 Å². The maximum atomic E-state index is 13.4. The minimum atomic E-state index is -0.594. The molecule has 0 bridgehead atoms. The molecule has 0 saturated carbocycles. The van der Waals surface area contributed by atoms with E-state index in [0.717, 1.165) is 9.75 Å². The van der Waals surface area contributed by atoms with E-state index in [1.54, 1.807) is 43.3 Å². The van der Waals surface area contributed by atoms with Crippen molar-refractivity contribution in [2.75, 3.05) is 18.1 Å². The lowest BCUT2D eigenvalue weighted by Gasteiger charge is -2.29. The molecule has 1 aromatic heterocycles. The third-order valence-electron chi connectivity index (χ3n) is 4.37. The minimum absolute atomic E-state index is 0.210. The highest BCUT2D eigenvalue weighted by Crippen LogP contribution is 2.41. The number of nitrogens with zero attached hydrogens (tertiary/aromatic N) is 1. The summed E-state index contributed by atoms with van der Waals surface area (Å²) in [7, 11) is 0. The molecule has 0 fully saturated rings. The van der Waals surface area contributed by atoms with E-state index in [4.69, 9.17) is 9.47 Å². The summed E-state index contributed by atoms with van der Waals surface area (Å²) in [5, 5.41) is 0. The maximum Gasteiger partial charge on any atom is 0.336 e. The lowest BCUT2D eigenvalue weighted by Crippen LogP contribution is -2.29. The lowest BCUT2D eigenvalue weighted by atomic mass is 9.87. The summed E-state index contributed by atoms with van der Waals surface area (Å²) in [4.78, 5) is 29.1. The molecule has 3 rings (SSSR count). The SMILES string of the molecule is CCOC(=O)C1=CN(c2ccc(F)cc2)C=C(C(=O)OCC)C1c1ccc(C)s1. The number of aryl methyl sites for hydroxylation is 1. The standard InChI is InChI=1S/C22H22FNO4S/c1-4-27-21(25)17-12-24(16-9-7-15(23)8-10-16)13-18(22(26)28-5-2)20(17)19-11-6-14(3)29-19/h6-13,20H,4-5H2,1-3H3. The van der Waals surface area contributed by atoms with Crippen molar-refractivity contribution >= 4 is 29.0 Å². The molecular formula is C22H22FNO4S. The van der Waals surface area contributed by atoms with Gasteiger partial charge in [-0.15, -0.1) is 11.3 Å². The number of carbonyl (C=O) groups is 2. The van der Waals surface area contributed by atoms with Gasteiger partial charge in [0.25, 0.3) is 0 Å². The lowest BCUT2D eigenvalue weighted by molar-refractivity contribution is -0.139. The Bertz CT molecular complexity index is 925. The number of esters is 2. The van der Waals surface area contributed by atoms with Crippen molar-refractivity contribution < 1.29 is 23.5 Å². The average Bonchev–Trinajstić information content (AvgIpc) is 3.14. The van der Waals surface area contributed by atoms with Gasteiger partial charge in [-0.05, 0) is 57.2 Å². The van der Waals surface area contributed by atoms with Crippen molar-refractivity contribution in [3.8, 4) is 0 Å². The second-order valence-electron chi connectivity index (χ2n) is 6.37. The quantitative estimate of drug-likeness (QED) is 0.641. The monoisotopic (exact) mass is 415 g/mol. The zero-order valence-corrected chi connectivity index (χ0v) is 17.3. The van der Waals surface area contributed by atoms with E-state index < -0.39 is 17.9 Å². The summed E-state index contributed by atoms with van der Waals surface area (Å²) in [6, 6.07) is 9.63. The molecule has 29 heavy (non-hydrogen) atoms. The van der Waals surface area contributed by atoms with Gasteiger partial charge in [-0.25, -0.2) is 14.0 Å². The van der Waals surface area contributed by atoms with E-state index in [0.29, 0.717) is 16.8 Å². The number of halogens is 1. The van der Waals surface area contributed by atoms with Gasteiger partial charge in [-0.2, -0.15) is 0 Å². The number of benzene rings is 1. The van der Waals surface area contributed by atoms with E-state index in [9.17, 15) is 14.0 Å². The first-order valence-corrected chi connectivity index (χ1v) is 10.1. The number of rotatable bonds is 6. The Morgan fingerprint density at radius 3 is 1.97 bits per heavy atom. The zero-order chi connectivity index (χ0) is 21.0. The molecule has 2 aromatic rings. The van der Waals surface area contributed by atoms with Gasteiger partial charge in [0, 0.05) is 27.8 Å². The van der Waals surface area contributed by atoms with E-state index in [1.165, 1.54) is 23.5 Å². The molecule has 0 spiro atoms. The summed E-state index contributed by atoms with van der Waals surface area (Å²) in [5.74, 6) is -1.98. The van der Waals surface area contributed by atoms with Crippen LogP contribution < -0.4 is 4.90 Å². The summed E-state index contributed by atoms with van der Waals surface area (Å²) >= 11 is 1.51. The number of hydrogen-bond donors (Lipinski definition) is 0. The molecule has 1 aliphatic heterocycles. The smallest absolute Gasteiger partial charge is 0.336 e. The Balaban J connectivity index is 2.14. The molecule has 152 valence electrons. The third-order valence-corrected chi connectivity index (χ3v) is 5.44. The molecule has 0 saturated heterocycles. The van der Waals surface area contributed by atoms with Crippen LogP contribution >= 0.6 is 11.3 Å². The van der Waals surface area contributed by atoms with E-state index in [1.807, 2.05) is 19.1 Å².